The van der Waals surface area contributed by atoms with Crippen LogP contribution >= 0.6 is 0 Å². The number of Topliss-reactive ketones (excluding diaryl/α,β-unsaturated/α-hetero) is 1. The molecular weight excluding hydrogens is 434 g/mol. The number of carbonyl (C=O) groups excluding carboxylic acids is 1. The average molecular weight is 462 g/mol. The third-order valence-electron chi connectivity index (χ3n) is 5.77. The van der Waals surface area contributed by atoms with Gasteiger partial charge in [-0.25, -0.2) is 0 Å². The number of hydrogen-bond donors (Lipinski definition) is 0. The Bertz CT molecular complexity index is 1240. The minimum atomic E-state index is -0.562. The Kier molecular flexibility index (Phi) is 7.11. The van der Waals surface area contributed by atoms with Crippen LogP contribution < -0.4 is 9.64 Å². The Morgan fingerprint density at radius 3 is 2.56 bits per heavy atom. The number of nitro benzene ring substituents is 1. The molecule has 0 unspecified atom stereocenters. The number of nitro groups is 1. The van der Waals surface area contributed by atoms with Crippen molar-refractivity contribution in [1.29, 1.82) is 5.26 Å². The molecule has 0 bridgehead atoms. The van der Waals surface area contributed by atoms with Gasteiger partial charge in [-0.15, -0.1) is 10.2 Å². The molecule has 0 aliphatic carbocycles. The standard InChI is InChI=1S/C25H27N5O4/c1-16-14-25(3,4)29(10-6-7-17(2)31)23-13-24(34-5)22(12-20(16)23)28-27-21-9-8-19(30(32)33)11-18(21)15-26/h8-9,11-14H,6-7,10H2,1-5H3. The number of allylic oxidation sites excluding steroid dienone is 1. The maximum absolute atomic E-state index is 11.4. The third kappa shape index (κ3) is 5.12. The number of fused-ring (bicyclic) bond motifs is 1. The molecule has 0 saturated carbocycles. The quantitative estimate of drug-likeness (QED) is 0.260. The van der Waals surface area contributed by atoms with Crippen LogP contribution in [0, 0.1) is 21.4 Å². The molecule has 176 valence electrons. The summed E-state index contributed by atoms with van der Waals surface area (Å²) in [4.78, 5) is 24.1. The molecule has 9 nitrogen and oxygen atoms in total. The molecule has 1 heterocycles. The lowest BCUT2D eigenvalue weighted by Gasteiger charge is -2.43. The van der Waals surface area contributed by atoms with E-state index in [1.165, 1.54) is 18.2 Å². The van der Waals surface area contributed by atoms with E-state index in [-0.39, 0.29) is 28.3 Å². The van der Waals surface area contributed by atoms with Crippen LogP contribution in [0.1, 0.15) is 51.7 Å². The zero-order valence-corrected chi connectivity index (χ0v) is 20.0. The van der Waals surface area contributed by atoms with Gasteiger partial charge in [-0.1, -0.05) is 6.08 Å². The number of ether oxygens (including phenoxy) is 1. The van der Waals surface area contributed by atoms with E-state index in [2.05, 4.69) is 35.1 Å². The van der Waals surface area contributed by atoms with E-state index in [1.54, 1.807) is 14.0 Å². The summed E-state index contributed by atoms with van der Waals surface area (Å²) in [5.41, 5.74) is 3.36. The van der Waals surface area contributed by atoms with Crippen molar-refractivity contribution >= 4 is 34.1 Å². The van der Waals surface area contributed by atoms with Crippen molar-refractivity contribution in [3.8, 4) is 11.8 Å². The second kappa shape index (κ2) is 9.83. The van der Waals surface area contributed by atoms with Crippen LogP contribution in [0.4, 0.5) is 22.7 Å². The molecule has 2 aromatic rings. The SMILES string of the molecule is COc1cc2c(cc1N=Nc1ccc([N+](=O)[O-])cc1C#N)C(C)=CC(C)(C)N2CCCC(C)=O. The van der Waals surface area contributed by atoms with Gasteiger partial charge in [-0.3, -0.25) is 10.1 Å². The van der Waals surface area contributed by atoms with Crippen molar-refractivity contribution in [2.24, 2.45) is 10.2 Å². The summed E-state index contributed by atoms with van der Waals surface area (Å²) < 4.78 is 5.59. The molecule has 0 amide bonds. The highest BCUT2D eigenvalue weighted by molar-refractivity contribution is 5.85. The zero-order chi connectivity index (χ0) is 25.0. The van der Waals surface area contributed by atoms with Gasteiger partial charge < -0.3 is 14.4 Å². The van der Waals surface area contributed by atoms with Crippen molar-refractivity contribution < 1.29 is 14.5 Å². The number of azo groups is 1. The van der Waals surface area contributed by atoms with Crippen molar-refractivity contribution in [1.82, 2.24) is 0 Å². The molecule has 0 aromatic heterocycles. The van der Waals surface area contributed by atoms with Crippen molar-refractivity contribution in [3.05, 3.63) is 57.6 Å². The first kappa shape index (κ1) is 24.6. The van der Waals surface area contributed by atoms with E-state index in [1.807, 2.05) is 25.1 Å². The number of methoxy groups -OCH3 is 1. The van der Waals surface area contributed by atoms with E-state index < -0.39 is 4.92 Å². The van der Waals surface area contributed by atoms with E-state index in [4.69, 9.17) is 4.74 Å². The summed E-state index contributed by atoms with van der Waals surface area (Å²) in [7, 11) is 1.55. The van der Waals surface area contributed by atoms with Gasteiger partial charge in [-0.2, -0.15) is 5.26 Å². The molecule has 34 heavy (non-hydrogen) atoms. The lowest BCUT2D eigenvalue weighted by molar-refractivity contribution is -0.384. The summed E-state index contributed by atoms with van der Waals surface area (Å²) in [6.45, 7) is 8.60. The molecule has 0 saturated heterocycles. The predicted molar refractivity (Wildman–Crippen MR) is 130 cm³/mol. The van der Waals surface area contributed by atoms with Gasteiger partial charge in [0.2, 0.25) is 0 Å². The van der Waals surface area contributed by atoms with Crippen molar-refractivity contribution in [2.75, 3.05) is 18.6 Å². The highest BCUT2D eigenvalue weighted by Crippen LogP contribution is 2.45. The fourth-order valence-electron chi connectivity index (χ4n) is 4.15. The molecular formula is C25H27N5O4. The second-order valence-corrected chi connectivity index (χ2v) is 8.75. The maximum atomic E-state index is 11.4. The van der Waals surface area contributed by atoms with Crippen LogP contribution in [0.2, 0.25) is 0 Å². The summed E-state index contributed by atoms with van der Waals surface area (Å²) >= 11 is 0. The largest absolute Gasteiger partial charge is 0.494 e. The summed E-state index contributed by atoms with van der Waals surface area (Å²) in [6, 6.07) is 9.58. The summed E-state index contributed by atoms with van der Waals surface area (Å²) in [6.07, 6.45) is 3.44. The topological polar surface area (TPSA) is 121 Å². The first-order valence-corrected chi connectivity index (χ1v) is 10.9. The van der Waals surface area contributed by atoms with Crippen molar-refractivity contribution in [2.45, 2.75) is 46.1 Å². The average Bonchev–Trinajstić information content (AvgIpc) is 2.78. The van der Waals surface area contributed by atoms with E-state index in [0.29, 0.717) is 24.4 Å². The minimum absolute atomic E-state index is 0.0596. The number of benzene rings is 2. The normalized spacial score (nSPS) is 14.4. The fraction of sp³-hybridized carbons (Fsp3) is 0.360. The third-order valence-corrected chi connectivity index (χ3v) is 5.77. The van der Waals surface area contributed by atoms with Crippen LogP contribution in [0.3, 0.4) is 0 Å². The molecule has 0 radical (unpaired) electrons. The van der Waals surface area contributed by atoms with Gasteiger partial charge in [0.05, 0.1) is 23.1 Å². The highest BCUT2D eigenvalue weighted by Gasteiger charge is 2.32. The first-order valence-electron chi connectivity index (χ1n) is 10.9. The predicted octanol–water partition coefficient (Wildman–Crippen LogP) is 6.26. The van der Waals surface area contributed by atoms with E-state index in [9.17, 15) is 20.2 Å². The molecule has 0 fully saturated rings. The summed E-state index contributed by atoms with van der Waals surface area (Å²) in [5, 5.41) is 28.8. The fourth-order valence-corrected chi connectivity index (χ4v) is 4.15. The smallest absolute Gasteiger partial charge is 0.270 e. The van der Waals surface area contributed by atoms with Gasteiger partial charge in [-0.05, 0) is 51.8 Å². The monoisotopic (exact) mass is 461 g/mol. The Hall–Kier alpha value is -4.06. The second-order valence-electron chi connectivity index (χ2n) is 8.75. The van der Waals surface area contributed by atoms with E-state index >= 15 is 0 Å². The number of nitrogens with zero attached hydrogens (tertiary/aromatic N) is 5. The van der Waals surface area contributed by atoms with Crippen molar-refractivity contribution in [3.63, 3.8) is 0 Å². The Morgan fingerprint density at radius 2 is 1.94 bits per heavy atom. The van der Waals surface area contributed by atoms with Crippen LogP contribution in [0.5, 0.6) is 5.75 Å². The summed E-state index contributed by atoms with van der Waals surface area (Å²) in [5.74, 6) is 0.670. The number of rotatable bonds is 8. The van der Waals surface area contributed by atoms with Crippen LogP contribution in [-0.4, -0.2) is 29.9 Å². The van der Waals surface area contributed by atoms with Gasteiger partial charge in [0.1, 0.15) is 29.0 Å². The lowest BCUT2D eigenvalue weighted by atomic mass is 9.88. The zero-order valence-electron chi connectivity index (χ0n) is 20.0. The number of carbonyl (C=O) groups is 1. The minimum Gasteiger partial charge on any atom is -0.494 e. The van der Waals surface area contributed by atoms with Crippen LogP contribution in [-0.2, 0) is 4.79 Å². The Balaban J connectivity index is 2.02. The molecule has 0 atom stereocenters. The molecule has 2 aromatic carbocycles. The molecule has 1 aliphatic rings. The molecule has 0 N–H and O–H groups in total. The van der Waals surface area contributed by atoms with Crippen LogP contribution in [0.25, 0.3) is 5.57 Å². The number of ketones is 1. The number of non-ortho nitro benzene ring substituents is 1. The van der Waals surface area contributed by atoms with E-state index in [0.717, 1.165) is 23.2 Å². The molecule has 0 spiro atoms. The first-order chi connectivity index (χ1) is 16.1. The molecule has 1 aliphatic heterocycles. The highest BCUT2D eigenvalue weighted by atomic mass is 16.6. The Labute approximate surface area is 198 Å². The van der Waals surface area contributed by atoms with Gasteiger partial charge in [0.15, 0.2) is 0 Å². The maximum Gasteiger partial charge on any atom is 0.270 e. The van der Waals surface area contributed by atoms with Gasteiger partial charge >= 0.3 is 0 Å². The molecule has 9 heteroatoms. The molecule has 3 rings (SSSR count). The van der Waals surface area contributed by atoms with Gasteiger partial charge in [0, 0.05) is 42.4 Å². The number of hydrogen-bond acceptors (Lipinski definition) is 8. The van der Waals surface area contributed by atoms with Gasteiger partial charge in [0.25, 0.3) is 5.69 Å². The Morgan fingerprint density at radius 1 is 1.24 bits per heavy atom. The van der Waals surface area contributed by atoms with Crippen LogP contribution in [0.15, 0.2) is 46.6 Å². The number of anilines is 1. The lowest BCUT2D eigenvalue weighted by Crippen LogP contribution is -2.45. The number of nitriles is 1.